The second-order valence-corrected chi connectivity index (χ2v) is 3.04. The molecule has 0 atom stereocenters. The predicted molar refractivity (Wildman–Crippen MR) is 52.8 cm³/mol. The highest BCUT2D eigenvalue weighted by molar-refractivity contribution is 5.25. The van der Waals surface area contributed by atoms with Crippen LogP contribution in [0.1, 0.15) is 17.1 Å². The first-order chi connectivity index (χ1) is 7.81. The van der Waals surface area contributed by atoms with E-state index in [1.54, 1.807) is 18.3 Å². The van der Waals surface area contributed by atoms with Crippen LogP contribution in [0.25, 0.3) is 0 Å². The summed E-state index contributed by atoms with van der Waals surface area (Å²) in [6, 6.07) is 7.27. The molecule has 0 amide bonds. The molecule has 0 aromatic carbocycles. The molecule has 0 fully saturated rings. The maximum Gasteiger partial charge on any atom is 0.252 e. The van der Waals surface area contributed by atoms with Gasteiger partial charge in [0.25, 0.3) is 5.82 Å². The van der Waals surface area contributed by atoms with Crippen LogP contribution in [-0.4, -0.2) is 19.7 Å². The van der Waals surface area contributed by atoms with Crippen molar-refractivity contribution in [3.8, 4) is 12.1 Å². The van der Waals surface area contributed by atoms with E-state index in [1.165, 1.54) is 11.0 Å². The monoisotopic (exact) mass is 210 g/mol. The maximum atomic E-state index is 8.68. The Labute approximate surface area is 91.4 Å². The summed E-state index contributed by atoms with van der Waals surface area (Å²) in [4.78, 5) is 7.65. The molecule has 0 saturated carbocycles. The van der Waals surface area contributed by atoms with Gasteiger partial charge >= 0.3 is 0 Å². The molecule has 0 aliphatic carbocycles. The molecule has 2 aromatic heterocycles. The molecule has 0 spiro atoms. The van der Waals surface area contributed by atoms with Crippen LogP contribution in [0.4, 0.5) is 0 Å². The van der Waals surface area contributed by atoms with E-state index in [4.69, 9.17) is 10.5 Å². The van der Waals surface area contributed by atoms with Crippen LogP contribution < -0.4 is 0 Å². The van der Waals surface area contributed by atoms with Gasteiger partial charge in [-0.3, -0.25) is 0 Å². The van der Waals surface area contributed by atoms with Crippen molar-refractivity contribution in [2.75, 3.05) is 0 Å². The number of aromatic nitrogens is 4. The number of rotatable bonds is 2. The zero-order valence-electron chi connectivity index (χ0n) is 8.20. The highest BCUT2D eigenvalue weighted by Gasteiger charge is 2.01. The summed E-state index contributed by atoms with van der Waals surface area (Å²) < 4.78 is 1.54. The van der Waals surface area contributed by atoms with Gasteiger partial charge in [0.05, 0.1) is 6.54 Å². The van der Waals surface area contributed by atoms with Crippen molar-refractivity contribution >= 4 is 0 Å². The summed E-state index contributed by atoms with van der Waals surface area (Å²) >= 11 is 0. The molecule has 76 valence electrons. The van der Waals surface area contributed by atoms with Crippen LogP contribution >= 0.6 is 0 Å². The smallest absolute Gasteiger partial charge is 0.247 e. The lowest BCUT2D eigenvalue weighted by Gasteiger charge is -2.00. The Morgan fingerprint density at radius 2 is 2.12 bits per heavy atom. The fraction of sp³-hybridized carbons (Fsp3) is 0.100. The lowest BCUT2D eigenvalue weighted by molar-refractivity contribution is 0.681. The van der Waals surface area contributed by atoms with E-state index in [0.717, 1.165) is 5.56 Å². The zero-order valence-corrected chi connectivity index (χ0v) is 8.20. The molecule has 0 N–H and O–H groups in total. The van der Waals surface area contributed by atoms with E-state index in [9.17, 15) is 0 Å². The molecule has 6 nitrogen and oxygen atoms in total. The molecule has 0 saturated heterocycles. The number of nitrogens with zero attached hydrogens (tertiary/aromatic N) is 6. The van der Waals surface area contributed by atoms with Gasteiger partial charge < -0.3 is 0 Å². The molecular formula is C10H6N6. The zero-order chi connectivity index (χ0) is 11.4. The fourth-order valence-corrected chi connectivity index (χ4v) is 1.24. The van der Waals surface area contributed by atoms with Gasteiger partial charge in [0.2, 0.25) is 0 Å². The number of hydrogen-bond donors (Lipinski definition) is 0. The van der Waals surface area contributed by atoms with Crippen LogP contribution in [0.15, 0.2) is 24.7 Å². The summed E-state index contributed by atoms with van der Waals surface area (Å²) in [5.41, 5.74) is 1.25. The Morgan fingerprint density at radius 3 is 2.81 bits per heavy atom. The first kappa shape index (κ1) is 9.81. The molecule has 6 heteroatoms. The Hall–Kier alpha value is -2.73. The van der Waals surface area contributed by atoms with E-state index in [0.29, 0.717) is 12.2 Å². The Balaban J connectivity index is 2.21. The molecule has 0 aliphatic heterocycles. The second-order valence-electron chi connectivity index (χ2n) is 3.04. The van der Waals surface area contributed by atoms with Crippen LogP contribution in [0.5, 0.6) is 0 Å². The second kappa shape index (κ2) is 4.20. The van der Waals surface area contributed by atoms with Gasteiger partial charge in [-0.2, -0.15) is 10.5 Å². The quantitative estimate of drug-likeness (QED) is 0.718. The topological polar surface area (TPSA) is 91.2 Å². The first-order valence-electron chi connectivity index (χ1n) is 4.46. The van der Waals surface area contributed by atoms with E-state index in [2.05, 4.69) is 15.1 Å². The van der Waals surface area contributed by atoms with Gasteiger partial charge in [0.1, 0.15) is 24.2 Å². The average Bonchev–Trinajstić information content (AvgIpc) is 2.77. The molecule has 0 aliphatic rings. The van der Waals surface area contributed by atoms with Gasteiger partial charge in [-0.05, 0) is 17.7 Å². The summed E-state index contributed by atoms with van der Waals surface area (Å²) in [6.45, 7) is 0.464. The minimum Gasteiger partial charge on any atom is -0.247 e. The van der Waals surface area contributed by atoms with Crippen LogP contribution in [0, 0.1) is 22.7 Å². The Kier molecular flexibility index (Phi) is 2.57. The molecule has 2 aromatic rings. The van der Waals surface area contributed by atoms with Gasteiger partial charge in [-0.25, -0.2) is 14.6 Å². The summed E-state index contributed by atoms with van der Waals surface area (Å²) in [7, 11) is 0. The number of pyridine rings is 1. The van der Waals surface area contributed by atoms with Crippen molar-refractivity contribution in [3.05, 3.63) is 41.7 Å². The normalized spacial score (nSPS) is 9.38. The van der Waals surface area contributed by atoms with E-state index >= 15 is 0 Å². The first-order valence-corrected chi connectivity index (χ1v) is 4.46. The molecule has 16 heavy (non-hydrogen) atoms. The van der Waals surface area contributed by atoms with Crippen molar-refractivity contribution in [2.45, 2.75) is 6.54 Å². The standard InChI is InChI=1S/C10H6N6/c11-4-9-3-8(1-2-13-9)6-16-7-14-10(5-12)15-16/h1-3,7H,6H2. The highest BCUT2D eigenvalue weighted by Crippen LogP contribution is 2.03. The molecular weight excluding hydrogens is 204 g/mol. The summed E-state index contributed by atoms with van der Waals surface area (Å²) in [6.07, 6.45) is 3.04. The van der Waals surface area contributed by atoms with Crippen molar-refractivity contribution in [2.24, 2.45) is 0 Å². The molecule has 0 bridgehead atoms. The fourth-order valence-electron chi connectivity index (χ4n) is 1.24. The van der Waals surface area contributed by atoms with E-state index in [1.807, 2.05) is 12.1 Å². The van der Waals surface area contributed by atoms with Crippen LogP contribution in [0.2, 0.25) is 0 Å². The minimum atomic E-state index is 0.134. The third kappa shape index (κ3) is 2.02. The summed E-state index contributed by atoms with van der Waals surface area (Å²) in [5.74, 6) is 0.134. The van der Waals surface area contributed by atoms with Gasteiger partial charge in [0, 0.05) is 6.20 Å². The van der Waals surface area contributed by atoms with Crippen molar-refractivity contribution in [1.82, 2.24) is 19.7 Å². The van der Waals surface area contributed by atoms with E-state index < -0.39 is 0 Å². The SMILES string of the molecule is N#Cc1cc(Cn2cnc(C#N)n2)ccn1. The van der Waals surface area contributed by atoms with Gasteiger partial charge in [-0.15, -0.1) is 5.10 Å². The van der Waals surface area contributed by atoms with E-state index in [-0.39, 0.29) is 5.82 Å². The van der Waals surface area contributed by atoms with Crippen LogP contribution in [0.3, 0.4) is 0 Å². The summed E-state index contributed by atoms with van der Waals surface area (Å²) in [5, 5.41) is 21.2. The molecule has 2 heterocycles. The third-order valence-electron chi connectivity index (χ3n) is 1.92. The van der Waals surface area contributed by atoms with Gasteiger partial charge in [0.15, 0.2) is 0 Å². The minimum absolute atomic E-state index is 0.134. The van der Waals surface area contributed by atoms with Gasteiger partial charge in [-0.1, -0.05) is 0 Å². The number of hydrogen-bond acceptors (Lipinski definition) is 5. The lowest BCUT2D eigenvalue weighted by Crippen LogP contribution is -2.01. The third-order valence-corrected chi connectivity index (χ3v) is 1.92. The lowest BCUT2D eigenvalue weighted by atomic mass is 10.2. The molecule has 2 rings (SSSR count). The number of nitriles is 2. The Bertz CT molecular complexity index is 586. The highest BCUT2D eigenvalue weighted by atomic mass is 15.3. The Morgan fingerprint density at radius 1 is 1.25 bits per heavy atom. The van der Waals surface area contributed by atoms with Crippen molar-refractivity contribution in [3.63, 3.8) is 0 Å². The largest absolute Gasteiger partial charge is 0.252 e. The van der Waals surface area contributed by atoms with Crippen molar-refractivity contribution < 1.29 is 0 Å². The predicted octanol–water partition coefficient (Wildman–Crippen LogP) is 0.465. The molecule has 0 radical (unpaired) electrons. The molecule has 0 unspecified atom stereocenters. The van der Waals surface area contributed by atoms with Crippen molar-refractivity contribution in [1.29, 1.82) is 10.5 Å². The van der Waals surface area contributed by atoms with Crippen LogP contribution in [-0.2, 0) is 6.54 Å². The average molecular weight is 210 g/mol. The maximum absolute atomic E-state index is 8.68.